The van der Waals surface area contributed by atoms with Gasteiger partial charge in [-0.3, -0.25) is 0 Å². The number of ether oxygens (including phenoxy) is 2. The first-order valence-electron chi connectivity index (χ1n) is 9.05. The van der Waals surface area contributed by atoms with Gasteiger partial charge in [0.15, 0.2) is 11.4 Å². The standard InChI is InChI=1S/C19H19N5O3/c20-7-9-25-18-5-4-17-22-11-14(24(17)23-18)16-10-13-15(27-16)6-8-21-19(13)26-12-2-1-3-12/h4-6,8,10-12H,1-3,7,9,20H2. The summed E-state index contributed by atoms with van der Waals surface area (Å²) in [6, 6.07) is 7.38. The highest BCUT2D eigenvalue weighted by Gasteiger charge is 2.22. The molecule has 0 atom stereocenters. The van der Waals surface area contributed by atoms with Crippen LogP contribution in [0, 0.1) is 0 Å². The highest BCUT2D eigenvalue weighted by molar-refractivity contribution is 5.86. The van der Waals surface area contributed by atoms with E-state index in [1.807, 2.05) is 18.2 Å². The molecule has 0 amide bonds. The molecule has 5 rings (SSSR count). The van der Waals surface area contributed by atoms with E-state index in [0.717, 1.165) is 29.5 Å². The van der Waals surface area contributed by atoms with Gasteiger partial charge >= 0.3 is 0 Å². The molecule has 0 unspecified atom stereocenters. The largest absolute Gasteiger partial charge is 0.475 e. The molecule has 4 heterocycles. The molecule has 1 aliphatic carbocycles. The van der Waals surface area contributed by atoms with Crippen molar-refractivity contribution in [2.45, 2.75) is 25.4 Å². The minimum atomic E-state index is 0.251. The topological polar surface area (TPSA) is 101 Å². The molecule has 0 bridgehead atoms. The Bertz CT molecular complexity index is 1100. The summed E-state index contributed by atoms with van der Waals surface area (Å²) in [5.74, 6) is 1.74. The quantitative estimate of drug-likeness (QED) is 0.561. The third-order valence-electron chi connectivity index (χ3n) is 4.70. The normalized spacial score (nSPS) is 14.6. The fourth-order valence-corrected chi connectivity index (χ4v) is 3.07. The summed E-state index contributed by atoms with van der Waals surface area (Å²) >= 11 is 0. The molecular formula is C19H19N5O3. The Morgan fingerprint density at radius 1 is 1.22 bits per heavy atom. The van der Waals surface area contributed by atoms with Crippen LogP contribution in [0.15, 0.2) is 41.1 Å². The van der Waals surface area contributed by atoms with Gasteiger partial charge in [-0.05, 0) is 31.4 Å². The maximum atomic E-state index is 6.03. The van der Waals surface area contributed by atoms with Crippen molar-refractivity contribution in [2.75, 3.05) is 13.2 Å². The second kappa shape index (κ2) is 6.55. The van der Waals surface area contributed by atoms with Crippen molar-refractivity contribution in [3.05, 3.63) is 36.7 Å². The van der Waals surface area contributed by atoms with Gasteiger partial charge in [0.1, 0.15) is 24.0 Å². The van der Waals surface area contributed by atoms with Gasteiger partial charge in [0, 0.05) is 24.9 Å². The Balaban J connectivity index is 1.55. The molecule has 1 saturated carbocycles. The number of aromatic nitrogens is 4. The summed E-state index contributed by atoms with van der Waals surface area (Å²) < 4.78 is 19.3. The van der Waals surface area contributed by atoms with E-state index in [-0.39, 0.29) is 6.10 Å². The fraction of sp³-hybridized carbons (Fsp3) is 0.316. The predicted octanol–water partition coefficient (Wildman–Crippen LogP) is 2.81. The van der Waals surface area contributed by atoms with Crippen LogP contribution in [-0.4, -0.2) is 38.8 Å². The van der Waals surface area contributed by atoms with Crippen LogP contribution in [0.3, 0.4) is 0 Å². The number of imidazole rings is 1. The van der Waals surface area contributed by atoms with Crippen LogP contribution < -0.4 is 15.2 Å². The molecule has 4 aromatic rings. The van der Waals surface area contributed by atoms with Crippen LogP contribution in [0.4, 0.5) is 0 Å². The van der Waals surface area contributed by atoms with Crippen LogP contribution in [-0.2, 0) is 0 Å². The predicted molar refractivity (Wildman–Crippen MR) is 98.8 cm³/mol. The van der Waals surface area contributed by atoms with E-state index >= 15 is 0 Å². The number of fused-ring (bicyclic) bond motifs is 2. The minimum Gasteiger partial charge on any atom is -0.475 e. The Morgan fingerprint density at radius 3 is 2.96 bits per heavy atom. The van der Waals surface area contributed by atoms with Crippen molar-refractivity contribution >= 4 is 16.6 Å². The average molecular weight is 365 g/mol. The molecule has 138 valence electrons. The SMILES string of the molecule is NCCOc1ccc2ncc(-c3cc4c(OC5CCC5)nccc4o3)n2n1. The second-order valence-corrected chi connectivity index (χ2v) is 6.53. The van der Waals surface area contributed by atoms with Crippen molar-refractivity contribution in [1.82, 2.24) is 19.6 Å². The molecule has 8 nitrogen and oxygen atoms in total. The summed E-state index contributed by atoms with van der Waals surface area (Å²) in [4.78, 5) is 8.77. The van der Waals surface area contributed by atoms with Crippen LogP contribution in [0.25, 0.3) is 28.1 Å². The maximum absolute atomic E-state index is 6.03. The minimum absolute atomic E-state index is 0.251. The lowest BCUT2D eigenvalue weighted by molar-refractivity contribution is 0.116. The van der Waals surface area contributed by atoms with Crippen molar-refractivity contribution < 1.29 is 13.9 Å². The number of nitrogens with zero attached hydrogens (tertiary/aromatic N) is 4. The van der Waals surface area contributed by atoms with Gasteiger partial charge in [-0.15, -0.1) is 5.10 Å². The van der Waals surface area contributed by atoms with Crippen molar-refractivity contribution in [3.8, 4) is 23.2 Å². The van der Waals surface area contributed by atoms with Gasteiger partial charge in [-0.2, -0.15) is 0 Å². The third-order valence-corrected chi connectivity index (χ3v) is 4.70. The van der Waals surface area contributed by atoms with E-state index in [9.17, 15) is 0 Å². The molecule has 0 radical (unpaired) electrons. The zero-order valence-corrected chi connectivity index (χ0v) is 14.7. The van der Waals surface area contributed by atoms with Crippen LogP contribution in [0.2, 0.25) is 0 Å². The number of pyridine rings is 1. The van der Waals surface area contributed by atoms with Crippen molar-refractivity contribution in [1.29, 1.82) is 0 Å². The highest BCUT2D eigenvalue weighted by Crippen LogP contribution is 2.34. The van der Waals surface area contributed by atoms with Gasteiger partial charge in [-0.1, -0.05) is 0 Å². The first-order chi connectivity index (χ1) is 13.3. The summed E-state index contributed by atoms with van der Waals surface area (Å²) in [6.45, 7) is 0.831. The van der Waals surface area contributed by atoms with E-state index < -0.39 is 0 Å². The Labute approximate surface area is 154 Å². The summed E-state index contributed by atoms with van der Waals surface area (Å²) in [5.41, 5.74) is 7.65. The van der Waals surface area contributed by atoms with Crippen LogP contribution in [0.1, 0.15) is 19.3 Å². The first-order valence-corrected chi connectivity index (χ1v) is 9.05. The number of nitrogens with two attached hydrogens (primary N) is 1. The molecular weight excluding hydrogens is 346 g/mol. The maximum Gasteiger partial charge on any atom is 0.231 e. The van der Waals surface area contributed by atoms with E-state index in [2.05, 4.69) is 15.1 Å². The molecule has 8 heteroatoms. The molecule has 1 aliphatic rings. The van der Waals surface area contributed by atoms with Gasteiger partial charge < -0.3 is 19.6 Å². The fourth-order valence-electron chi connectivity index (χ4n) is 3.07. The lowest BCUT2D eigenvalue weighted by atomic mass is 9.96. The Kier molecular flexibility index (Phi) is 3.90. The summed E-state index contributed by atoms with van der Waals surface area (Å²) in [5, 5.41) is 5.33. The number of hydrogen-bond donors (Lipinski definition) is 1. The zero-order valence-electron chi connectivity index (χ0n) is 14.7. The second-order valence-electron chi connectivity index (χ2n) is 6.53. The Hall–Kier alpha value is -3.13. The number of furan rings is 1. The lowest BCUT2D eigenvalue weighted by Gasteiger charge is -2.25. The van der Waals surface area contributed by atoms with E-state index in [4.69, 9.17) is 19.6 Å². The molecule has 1 fully saturated rings. The van der Waals surface area contributed by atoms with Crippen molar-refractivity contribution in [2.24, 2.45) is 5.73 Å². The van der Waals surface area contributed by atoms with Gasteiger partial charge in [0.2, 0.25) is 11.8 Å². The summed E-state index contributed by atoms with van der Waals surface area (Å²) in [6.07, 6.45) is 7.04. The summed E-state index contributed by atoms with van der Waals surface area (Å²) in [7, 11) is 0. The van der Waals surface area contributed by atoms with E-state index in [1.54, 1.807) is 23.0 Å². The Morgan fingerprint density at radius 2 is 2.15 bits per heavy atom. The lowest BCUT2D eigenvalue weighted by Crippen LogP contribution is -2.24. The molecule has 4 aromatic heterocycles. The molecule has 0 saturated heterocycles. The van der Waals surface area contributed by atoms with Crippen LogP contribution in [0.5, 0.6) is 11.8 Å². The average Bonchev–Trinajstić information content (AvgIpc) is 3.26. The molecule has 0 spiro atoms. The number of rotatable bonds is 6. The first kappa shape index (κ1) is 16.1. The van der Waals surface area contributed by atoms with Crippen molar-refractivity contribution in [3.63, 3.8) is 0 Å². The zero-order chi connectivity index (χ0) is 18.2. The van der Waals surface area contributed by atoms with Crippen LogP contribution >= 0.6 is 0 Å². The van der Waals surface area contributed by atoms with E-state index in [1.165, 1.54) is 6.42 Å². The monoisotopic (exact) mass is 365 g/mol. The van der Waals surface area contributed by atoms with Gasteiger partial charge in [-0.25, -0.2) is 14.5 Å². The smallest absolute Gasteiger partial charge is 0.231 e. The van der Waals surface area contributed by atoms with E-state index in [0.29, 0.717) is 36.3 Å². The molecule has 0 aliphatic heterocycles. The van der Waals surface area contributed by atoms with Gasteiger partial charge in [0.05, 0.1) is 11.6 Å². The molecule has 0 aromatic carbocycles. The highest BCUT2D eigenvalue weighted by atomic mass is 16.5. The molecule has 2 N–H and O–H groups in total. The number of hydrogen-bond acceptors (Lipinski definition) is 7. The third kappa shape index (κ3) is 2.87. The molecule has 27 heavy (non-hydrogen) atoms. The van der Waals surface area contributed by atoms with Gasteiger partial charge in [0.25, 0.3) is 0 Å².